The van der Waals surface area contributed by atoms with Gasteiger partial charge in [-0.25, -0.2) is 0 Å². The zero-order valence-corrected chi connectivity index (χ0v) is 12.9. The van der Waals surface area contributed by atoms with Crippen LogP contribution in [0.2, 0.25) is 0 Å². The van der Waals surface area contributed by atoms with Gasteiger partial charge in [0.15, 0.2) is 0 Å². The van der Waals surface area contributed by atoms with Crippen LogP contribution in [0.5, 0.6) is 5.75 Å². The lowest BCUT2D eigenvalue weighted by Crippen LogP contribution is -2.14. The fourth-order valence-electron chi connectivity index (χ4n) is 1.88. The Balaban J connectivity index is 2.10. The third-order valence-corrected chi connectivity index (χ3v) is 3.13. The Kier molecular flexibility index (Phi) is 5.55. The Labute approximate surface area is 139 Å². The second-order valence-electron chi connectivity index (χ2n) is 4.65. The molecule has 2 aromatic rings. The highest BCUT2D eigenvalue weighted by molar-refractivity contribution is 6.06. The number of carbonyl (C=O) groups is 1. The maximum absolute atomic E-state index is 12.1. The number of rotatable bonds is 5. The second-order valence-corrected chi connectivity index (χ2v) is 4.65. The summed E-state index contributed by atoms with van der Waals surface area (Å²) >= 11 is 0. The normalized spacial score (nSPS) is 10.2. The highest BCUT2D eigenvalue weighted by atomic mass is 16.5. The zero-order valence-electron chi connectivity index (χ0n) is 12.9. The van der Waals surface area contributed by atoms with E-state index in [1.165, 1.54) is 6.20 Å². The van der Waals surface area contributed by atoms with Crippen molar-refractivity contribution in [3.05, 3.63) is 65.9 Å². The molecule has 0 saturated carbocycles. The van der Waals surface area contributed by atoms with E-state index >= 15 is 0 Å². The second kappa shape index (κ2) is 8.02. The molecule has 2 N–H and O–H groups in total. The monoisotopic (exact) mass is 318 g/mol. The molecular weight excluding hydrogens is 304 g/mol. The van der Waals surface area contributed by atoms with Gasteiger partial charge in [0, 0.05) is 11.9 Å². The van der Waals surface area contributed by atoms with Crippen LogP contribution in [0, 0.1) is 22.7 Å². The van der Waals surface area contributed by atoms with Gasteiger partial charge in [-0.3, -0.25) is 4.79 Å². The van der Waals surface area contributed by atoms with Gasteiger partial charge in [-0.05, 0) is 36.4 Å². The third-order valence-electron chi connectivity index (χ3n) is 3.13. The van der Waals surface area contributed by atoms with Gasteiger partial charge in [0.2, 0.25) is 0 Å². The molecule has 6 heteroatoms. The standard InChI is InChI=1S/C18H14N4O2/c1-24-16-8-6-15(7-9-16)22-18(23)14(11-20)12-21-17-5-3-2-4-13(17)10-19/h2-9,12,21H,1H3,(H,22,23)/b14-12-. The number of ether oxygens (including phenoxy) is 1. The first-order valence-corrected chi connectivity index (χ1v) is 6.99. The average Bonchev–Trinajstić information content (AvgIpc) is 2.63. The van der Waals surface area contributed by atoms with Crippen LogP contribution in [0.1, 0.15) is 5.56 Å². The molecule has 6 nitrogen and oxygen atoms in total. The molecule has 0 aliphatic carbocycles. The number of carbonyl (C=O) groups excluding carboxylic acids is 1. The van der Waals surface area contributed by atoms with E-state index in [0.29, 0.717) is 22.7 Å². The number of benzene rings is 2. The quantitative estimate of drug-likeness (QED) is 0.652. The minimum atomic E-state index is -0.551. The van der Waals surface area contributed by atoms with Gasteiger partial charge in [-0.15, -0.1) is 0 Å². The van der Waals surface area contributed by atoms with Gasteiger partial charge in [0.05, 0.1) is 18.4 Å². The van der Waals surface area contributed by atoms with Gasteiger partial charge >= 0.3 is 0 Å². The Bertz CT molecular complexity index is 843. The van der Waals surface area contributed by atoms with Crippen LogP contribution in [0.15, 0.2) is 60.3 Å². The maximum Gasteiger partial charge on any atom is 0.267 e. The van der Waals surface area contributed by atoms with Crippen molar-refractivity contribution >= 4 is 17.3 Å². The molecule has 0 fully saturated rings. The molecule has 0 spiro atoms. The minimum Gasteiger partial charge on any atom is -0.497 e. The van der Waals surface area contributed by atoms with Gasteiger partial charge in [-0.1, -0.05) is 12.1 Å². The first-order chi connectivity index (χ1) is 11.7. The van der Waals surface area contributed by atoms with E-state index < -0.39 is 5.91 Å². The molecule has 2 rings (SSSR count). The molecule has 1 amide bonds. The number of nitriles is 2. The topological polar surface area (TPSA) is 97.9 Å². The third kappa shape index (κ3) is 4.12. The Hall–Kier alpha value is -3.77. The zero-order chi connectivity index (χ0) is 17.4. The summed E-state index contributed by atoms with van der Waals surface area (Å²) < 4.78 is 5.04. The number of amides is 1. The molecule has 0 saturated heterocycles. The van der Waals surface area contributed by atoms with Crippen LogP contribution < -0.4 is 15.4 Å². The smallest absolute Gasteiger partial charge is 0.267 e. The van der Waals surface area contributed by atoms with Crippen molar-refractivity contribution in [1.29, 1.82) is 10.5 Å². The minimum absolute atomic E-state index is 0.112. The number of hydrogen-bond acceptors (Lipinski definition) is 5. The summed E-state index contributed by atoms with van der Waals surface area (Å²) in [7, 11) is 1.55. The molecule has 0 aromatic heterocycles. The molecule has 24 heavy (non-hydrogen) atoms. The molecule has 0 atom stereocenters. The summed E-state index contributed by atoms with van der Waals surface area (Å²) in [5, 5.41) is 23.6. The van der Waals surface area contributed by atoms with Crippen molar-refractivity contribution < 1.29 is 9.53 Å². The Morgan fingerprint density at radius 3 is 2.46 bits per heavy atom. The lowest BCUT2D eigenvalue weighted by molar-refractivity contribution is -0.112. The Morgan fingerprint density at radius 1 is 1.12 bits per heavy atom. The van der Waals surface area contributed by atoms with E-state index in [2.05, 4.69) is 10.6 Å². The van der Waals surface area contributed by atoms with Crippen LogP contribution in [-0.4, -0.2) is 13.0 Å². The maximum atomic E-state index is 12.1. The van der Waals surface area contributed by atoms with E-state index in [-0.39, 0.29) is 5.57 Å². The highest BCUT2D eigenvalue weighted by Gasteiger charge is 2.10. The number of nitrogens with zero attached hydrogens (tertiary/aromatic N) is 2. The lowest BCUT2D eigenvalue weighted by Gasteiger charge is -2.07. The van der Waals surface area contributed by atoms with Gasteiger partial charge in [0.25, 0.3) is 5.91 Å². The SMILES string of the molecule is COc1ccc(NC(=O)/C(C#N)=C\Nc2ccccc2C#N)cc1. The van der Waals surface area contributed by atoms with Crippen LogP contribution in [0.4, 0.5) is 11.4 Å². The largest absolute Gasteiger partial charge is 0.497 e. The molecule has 0 heterocycles. The van der Waals surface area contributed by atoms with Gasteiger partial charge < -0.3 is 15.4 Å². The molecular formula is C18H14N4O2. The number of anilines is 2. The lowest BCUT2D eigenvalue weighted by atomic mass is 10.2. The van der Waals surface area contributed by atoms with Crippen LogP contribution in [0.3, 0.4) is 0 Å². The number of para-hydroxylation sites is 1. The molecule has 0 bridgehead atoms. The van der Waals surface area contributed by atoms with Crippen LogP contribution in [0.25, 0.3) is 0 Å². The van der Waals surface area contributed by atoms with Crippen molar-refractivity contribution in [3.63, 3.8) is 0 Å². The van der Waals surface area contributed by atoms with Crippen molar-refractivity contribution in [3.8, 4) is 17.9 Å². The van der Waals surface area contributed by atoms with Gasteiger partial charge in [-0.2, -0.15) is 10.5 Å². The molecule has 2 aromatic carbocycles. The van der Waals surface area contributed by atoms with E-state index in [0.717, 1.165) is 0 Å². The predicted octanol–water partition coefficient (Wildman–Crippen LogP) is 3.02. The van der Waals surface area contributed by atoms with Crippen molar-refractivity contribution in [1.82, 2.24) is 0 Å². The van der Waals surface area contributed by atoms with E-state index in [9.17, 15) is 4.79 Å². The van der Waals surface area contributed by atoms with Crippen molar-refractivity contribution in [2.24, 2.45) is 0 Å². The fraction of sp³-hybridized carbons (Fsp3) is 0.0556. The molecule has 118 valence electrons. The number of nitrogens with one attached hydrogen (secondary N) is 2. The van der Waals surface area contributed by atoms with E-state index in [1.807, 2.05) is 12.1 Å². The molecule has 0 unspecified atom stereocenters. The molecule has 0 aliphatic heterocycles. The summed E-state index contributed by atoms with van der Waals surface area (Å²) in [5.41, 5.74) is 1.37. The highest BCUT2D eigenvalue weighted by Crippen LogP contribution is 2.16. The molecule has 0 radical (unpaired) electrons. The first kappa shape index (κ1) is 16.6. The van der Waals surface area contributed by atoms with Crippen molar-refractivity contribution in [2.45, 2.75) is 0 Å². The van der Waals surface area contributed by atoms with Crippen molar-refractivity contribution in [2.75, 3.05) is 17.7 Å². The fourth-order valence-corrected chi connectivity index (χ4v) is 1.88. The number of methoxy groups -OCH3 is 1. The van der Waals surface area contributed by atoms with Gasteiger partial charge in [0.1, 0.15) is 23.5 Å². The molecule has 0 aliphatic rings. The number of hydrogen-bond donors (Lipinski definition) is 2. The Morgan fingerprint density at radius 2 is 1.83 bits per heavy atom. The first-order valence-electron chi connectivity index (χ1n) is 6.99. The summed E-state index contributed by atoms with van der Waals surface area (Å²) in [6, 6.07) is 17.4. The summed E-state index contributed by atoms with van der Waals surface area (Å²) in [4.78, 5) is 12.1. The summed E-state index contributed by atoms with van der Waals surface area (Å²) in [5.74, 6) is 0.114. The van der Waals surface area contributed by atoms with E-state index in [1.54, 1.807) is 55.6 Å². The van der Waals surface area contributed by atoms with Crippen LogP contribution in [-0.2, 0) is 4.79 Å². The van der Waals surface area contributed by atoms with E-state index in [4.69, 9.17) is 15.3 Å². The van der Waals surface area contributed by atoms with Crippen LogP contribution >= 0.6 is 0 Å². The predicted molar refractivity (Wildman–Crippen MR) is 90.1 cm³/mol. The summed E-state index contributed by atoms with van der Waals surface area (Å²) in [6.07, 6.45) is 1.27. The summed E-state index contributed by atoms with van der Waals surface area (Å²) in [6.45, 7) is 0. The average molecular weight is 318 g/mol.